The lowest BCUT2D eigenvalue weighted by atomic mass is 10.2. The molecule has 20 heavy (non-hydrogen) atoms. The van der Waals surface area contributed by atoms with Gasteiger partial charge in [0.05, 0.1) is 0 Å². The molecule has 4 nitrogen and oxygen atoms in total. The summed E-state index contributed by atoms with van der Waals surface area (Å²) in [5, 5.41) is 3.13. The van der Waals surface area contributed by atoms with Crippen molar-refractivity contribution in [1.29, 1.82) is 0 Å². The van der Waals surface area contributed by atoms with E-state index in [1.807, 2.05) is 51.1 Å². The molecule has 1 heterocycles. The third-order valence-corrected chi connectivity index (χ3v) is 2.46. The number of ether oxygens (including phenoxy) is 1. The molecule has 1 aromatic carbocycles. The highest BCUT2D eigenvalue weighted by Crippen LogP contribution is 2.20. The first-order valence-electron chi connectivity index (χ1n) is 6.46. The van der Waals surface area contributed by atoms with Crippen molar-refractivity contribution in [2.24, 2.45) is 0 Å². The van der Waals surface area contributed by atoms with Crippen molar-refractivity contribution in [3.8, 4) is 0 Å². The van der Waals surface area contributed by atoms with Crippen molar-refractivity contribution >= 4 is 17.5 Å². The van der Waals surface area contributed by atoms with Crippen LogP contribution < -0.4 is 5.32 Å². The Morgan fingerprint density at radius 1 is 1.10 bits per heavy atom. The topological polar surface area (TPSA) is 51.2 Å². The Balaban J connectivity index is 2.25. The third-order valence-electron chi connectivity index (χ3n) is 2.46. The van der Waals surface area contributed by atoms with E-state index in [-0.39, 0.29) is 5.97 Å². The van der Waals surface area contributed by atoms with E-state index in [0.717, 1.165) is 5.69 Å². The second-order valence-electron chi connectivity index (χ2n) is 5.39. The van der Waals surface area contributed by atoms with Crippen molar-refractivity contribution < 1.29 is 9.53 Å². The lowest BCUT2D eigenvalue weighted by Gasteiger charge is -2.20. The van der Waals surface area contributed by atoms with Gasteiger partial charge in [-0.25, -0.2) is 9.78 Å². The Morgan fingerprint density at radius 2 is 1.80 bits per heavy atom. The smallest absolute Gasteiger partial charge is 0.342 e. The van der Waals surface area contributed by atoms with Gasteiger partial charge in [-0.05, 0) is 45.0 Å². The van der Waals surface area contributed by atoms with Crippen molar-refractivity contribution in [2.45, 2.75) is 26.4 Å². The van der Waals surface area contributed by atoms with E-state index in [2.05, 4.69) is 10.3 Å². The number of aromatic nitrogens is 1. The zero-order valence-electron chi connectivity index (χ0n) is 11.9. The van der Waals surface area contributed by atoms with Gasteiger partial charge in [0.1, 0.15) is 17.0 Å². The van der Waals surface area contributed by atoms with Crippen molar-refractivity contribution in [1.82, 2.24) is 4.98 Å². The summed E-state index contributed by atoms with van der Waals surface area (Å²) in [5.74, 6) is 0.108. The lowest BCUT2D eigenvalue weighted by molar-refractivity contribution is 0.00704. The molecule has 4 heteroatoms. The maximum atomic E-state index is 12.2. The summed E-state index contributed by atoms with van der Waals surface area (Å²) in [6.45, 7) is 5.52. The number of hydrogen-bond acceptors (Lipinski definition) is 4. The van der Waals surface area contributed by atoms with E-state index in [0.29, 0.717) is 11.4 Å². The van der Waals surface area contributed by atoms with E-state index < -0.39 is 5.60 Å². The van der Waals surface area contributed by atoms with Gasteiger partial charge in [0.2, 0.25) is 0 Å². The van der Waals surface area contributed by atoms with Crippen LogP contribution in [0.25, 0.3) is 0 Å². The second-order valence-corrected chi connectivity index (χ2v) is 5.39. The largest absolute Gasteiger partial charge is 0.456 e. The fourth-order valence-corrected chi connectivity index (χ4v) is 1.66. The van der Waals surface area contributed by atoms with Crippen LogP contribution in [0.15, 0.2) is 48.7 Å². The summed E-state index contributed by atoms with van der Waals surface area (Å²) in [7, 11) is 0. The van der Waals surface area contributed by atoms with Gasteiger partial charge >= 0.3 is 5.97 Å². The summed E-state index contributed by atoms with van der Waals surface area (Å²) in [5.41, 5.74) is 0.763. The van der Waals surface area contributed by atoms with Crippen LogP contribution in [-0.4, -0.2) is 16.6 Å². The minimum Gasteiger partial charge on any atom is -0.456 e. The molecular weight excluding hydrogens is 252 g/mol. The molecule has 2 rings (SSSR count). The quantitative estimate of drug-likeness (QED) is 0.862. The summed E-state index contributed by atoms with van der Waals surface area (Å²) in [4.78, 5) is 16.4. The van der Waals surface area contributed by atoms with Crippen LogP contribution in [0.4, 0.5) is 11.5 Å². The number of benzene rings is 1. The standard InChI is InChI=1S/C16H18N2O2/c1-16(2,3)20-15(19)13-10-7-11-17-14(13)18-12-8-5-4-6-9-12/h4-11H,1-3H3,(H,17,18). The Morgan fingerprint density at radius 3 is 2.45 bits per heavy atom. The Hall–Kier alpha value is -2.36. The molecule has 0 amide bonds. The van der Waals surface area contributed by atoms with Gasteiger partial charge in [-0.2, -0.15) is 0 Å². The average molecular weight is 270 g/mol. The fourth-order valence-electron chi connectivity index (χ4n) is 1.66. The van der Waals surface area contributed by atoms with Gasteiger partial charge in [-0.1, -0.05) is 18.2 Å². The molecule has 0 bridgehead atoms. The molecular formula is C16H18N2O2. The number of anilines is 2. The van der Waals surface area contributed by atoms with Crippen molar-refractivity contribution in [3.63, 3.8) is 0 Å². The molecule has 0 fully saturated rings. The summed E-state index contributed by atoms with van der Waals surface area (Å²) >= 11 is 0. The number of para-hydroxylation sites is 1. The van der Waals surface area contributed by atoms with Crippen LogP contribution in [0.3, 0.4) is 0 Å². The molecule has 0 radical (unpaired) electrons. The highest BCUT2D eigenvalue weighted by Gasteiger charge is 2.20. The Bertz CT molecular complexity index is 589. The zero-order chi connectivity index (χ0) is 14.6. The molecule has 0 saturated heterocycles. The van der Waals surface area contributed by atoms with Crippen LogP contribution >= 0.6 is 0 Å². The summed E-state index contributed by atoms with van der Waals surface area (Å²) in [6.07, 6.45) is 1.64. The van der Waals surface area contributed by atoms with E-state index in [4.69, 9.17) is 4.74 Å². The Kier molecular flexibility index (Phi) is 4.03. The number of carbonyl (C=O) groups is 1. The molecule has 2 aromatic rings. The van der Waals surface area contributed by atoms with Crippen LogP contribution in [0, 0.1) is 0 Å². The van der Waals surface area contributed by atoms with Crippen molar-refractivity contribution in [3.05, 3.63) is 54.2 Å². The molecule has 104 valence electrons. The Labute approximate surface area is 118 Å². The number of nitrogens with zero attached hydrogens (tertiary/aromatic N) is 1. The lowest BCUT2D eigenvalue weighted by Crippen LogP contribution is -2.24. The highest BCUT2D eigenvalue weighted by atomic mass is 16.6. The molecule has 1 aromatic heterocycles. The first-order chi connectivity index (χ1) is 9.46. The van der Waals surface area contributed by atoms with Gasteiger partial charge in [0.25, 0.3) is 0 Å². The number of carbonyl (C=O) groups excluding carboxylic acids is 1. The fraction of sp³-hybridized carbons (Fsp3) is 0.250. The monoisotopic (exact) mass is 270 g/mol. The predicted octanol–water partition coefficient (Wildman–Crippen LogP) is 3.78. The van der Waals surface area contributed by atoms with Gasteiger partial charge < -0.3 is 10.1 Å². The van der Waals surface area contributed by atoms with Crippen LogP contribution in [0.5, 0.6) is 0 Å². The predicted molar refractivity (Wildman–Crippen MR) is 79.1 cm³/mol. The first-order valence-corrected chi connectivity index (χ1v) is 6.46. The molecule has 0 saturated carbocycles. The number of nitrogens with one attached hydrogen (secondary N) is 1. The van der Waals surface area contributed by atoms with E-state index in [1.54, 1.807) is 18.3 Å². The van der Waals surface area contributed by atoms with E-state index in [9.17, 15) is 4.79 Å². The van der Waals surface area contributed by atoms with Crippen LogP contribution in [0.2, 0.25) is 0 Å². The summed E-state index contributed by atoms with van der Waals surface area (Å²) < 4.78 is 5.38. The van der Waals surface area contributed by atoms with Crippen LogP contribution in [-0.2, 0) is 4.74 Å². The highest BCUT2D eigenvalue weighted by molar-refractivity contribution is 5.95. The minimum absolute atomic E-state index is 0.385. The van der Waals surface area contributed by atoms with Crippen molar-refractivity contribution in [2.75, 3.05) is 5.32 Å². The van der Waals surface area contributed by atoms with Gasteiger partial charge in [0.15, 0.2) is 0 Å². The molecule has 0 atom stereocenters. The number of pyridine rings is 1. The maximum Gasteiger partial charge on any atom is 0.342 e. The zero-order valence-corrected chi connectivity index (χ0v) is 11.9. The third kappa shape index (κ3) is 3.82. The summed E-state index contributed by atoms with van der Waals surface area (Å²) in [6, 6.07) is 13.0. The van der Waals surface area contributed by atoms with E-state index in [1.165, 1.54) is 0 Å². The molecule has 1 N–H and O–H groups in total. The molecule has 0 aliphatic heterocycles. The normalized spacial score (nSPS) is 10.9. The second kappa shape index (κ2) is 5.74. The van der Waals surface area contributed by atoms with Gasteiger partial charge in [0, 0.05) is 11.9 Å². The number of hydrogen-bond donors (Lipinski definition) is 1. The molecule has 0 unspecified atom stereocenters. The molecule has 0 aliphatic carbocycles. The van der Waals surface area contributed by atoms with Gasteiger partial charge in [-0.3, -0.25) is 0 Å². The number of esters is 1. The average Bonchev–Trinajstić information content (AvgIpc) is 2.38. The van der Waals surface area contributed by atoms with E-state index >= 15 is 0 Å². The SMILES string of the molecule is CC(C)(C)OC(=O)c1cccnc1Nc1ccccc1. The minimum atomic E-state index is -0.531. The van der Waals surface area contributed by atoms with Crippen LogP contribution in [0.1, 0.15) is 31.1 Å². The van der Waals surface area contributed by atoms with Gasteiger partial charge in [-0.15, -0.1) is 0 Å². The first kappa shape index (κ1) is 14.1. The molecule has 0 aliphatic rings. The molecule has 0 spiro atoms. The number of rotatable bonds is 3. The maximum absolute atomic E-state index is 12.2.